The van der Waals surface area contributed by atoms with Gasteiger partial charge in [0, 0.05) is 17.4 Å². The van der Waals surface area contributed by atoms with Gasteiger partial charge in [0.2, 0.25) is 0 Å². The molecular weight excluding hydrogens is 328 g/mol. The third-order valence-electron chi connectivity index (χ3n) is 3.93. The van der Waals surface area contributed by atoms with Crippen molar-refractivity contribution in [1.29, 1.82) is 5.26 Å². The Labute approximate surface area is 152 Å². The second-order valence-electron chi connectivity index (χ2n) is 6.23. The molecule has 25 heavy (non-hydrogen) atoms. The van der Waals surface area contributed by atoms with Crippen molar-refractivity contribution in [1.82, 2.24) is 14.8 Å². The molecule has 0 fully saturated rings. The van der Waals surface area contributed by atoms with Crippen molar-refractivity contribution >= 4 is 11.8 Å². The van der Waals surface area contributed by atoms with Gasteiger partial charge in [0.05, 0.1) is 11.6 Å². The first-order chi connectivity index (χ1) is 12.1. The average molecular weight is 348 g/mol. The number of aromatic nitrogens is 3. The lowest BCUT2D eigenvalue weighted by Crippen LogP contribution is -2.04. The summed E-state index contributed by atoms with van der Waals surface area (Å²) in [5.74, 6) is 1.90. The third kappa shape index (κ3) is 3.75. The summed E-state index contributed by atoms with van der Waals surface area (Å²) in [5.41, 5.74) is 4.00. The molecule has 4 nitrogen and oxygen atoms in total. The molecule has 0 amide bonds. The summed E-state index contributed by atoms with van der Waals surface area (Å²) < 4.78 is 2.12. The summed E-state index contributed by atoms with van der Waals surface area (Å²) in [5, 5.41) is 18.9. The van der Waals surface area contributed by atoms with E-state index in [1.54, 1.807) is 11.8 Å². The number of nitriles is 1. The molecule has 1 aromatic heterocycles. The van der Waals surface area contributed by atoms with Crippen LogP contribution in [0.5, 0.6) is 0 Å². The molecule has 0 spiro atoms. The lowest BCUT2D eigenvalue weighted by atomic mass is 10.1. The van der Waals surface area contributed by atoms with E-state index in [1.165, 1.54) is 5.56 Å². The Morgan fingerprint density at radius 2 is 1.92 bits per heavy atom. The van der Waals surface area contributed by atoms with Crippen LogP contribution in [0.2, 0.25) is 0 Å². The standard InChI is InChI=1S/C20H20N4S/c1-14(2)19-22-23-20(24(19)18-10-6-7-15(3)11-18)25-13-17-9-5-4-8-16(17)12-21/h4-11,14H,13H2,1-3H3. The Morgan fingerprint density at radius 3 is 2.64 bits per heavy atom. The third-order valence-corrected chi connectivity index (χ3v) is 4.91. The fourth-order valence-electron chi connectivity index (χ4n) is 2.66. The maximum Gasteiger partial charge on any atom is 0.196 e. The van der Waals surface area contributed by atoms with Gasteiger partial charge in [0.25, 0.3) is 0 Å². The van der Waals surface area contributed by atoms with Crippen LogP contribution >= 0.6 is 11.8 Å². The van der Waals surface area contributed by atoms with Gasteiger partial charge in [-0.3, -0.25) is 4.57 Å². The number of hydrogen-bond donors (Lipinski definition) is 0. The molecule has 0 saturated heterocycles. The summed E-state index contributed by atoms with van der Waals surface area (Å²) in [7, 11) is 0. The van der Waals surface area contributed by atoms with E-state index in [0.717, 1.165) is 22.2 Å². The fourth-order valence-corrected chi connectivity index (χ4v) is 3.62. The Kier molecular flexibility index (Phi) is 5.20. The lowest BCUT2D eigenvalue weighted by Gasteiger charge is -2.13. The molecule has 0 aliphatic heterocycles. The Balaban J connectivity index is 1.96. The van der Waals surface area contributed by atoms with Gasteiger partial charge in [-0.2, -0.15) is 5.26 Å². The van der Waals surface area contributed by atoms with Crippen LogP contribution in [0.4, 0.5) is 0 Å². The highest BCUT2D eigenvalue weighted by Crippen LogP contribution is 2.29. The van der Waals surface area contributed by atoms with Crippen LogP contribution in [0.1, 0.15) is 42.3 Å². The predicted octanol–water partition coefficient (Wildman–Crippen LogP) is 4.86. The summed E-state index contributed by atoms with van der Waals surface area (Å²) in [6.07, 6.45) is 0. The molecular formula is C20H20N4S. The SMILES string of the molecule is Cc1cccc(-n2c(SCc3ccccc3C#N)nnc2C(C)C)c1. The first kappa shape index (κ1) is 17.2. The van der Waals surface area contributed by atoms with Crippen molar-refractivity contribution in [2.24, 2.45) is 0 Å². The van der Waals surface area contributed by atoms with Gasteiger partial charge < -0.3 is 0 Å². The molecule has 126 valence electrons. The second kappa shape index (κ2) is 7.54. The molecule has 5 heteroatoms. The second-order valence-corrected chi connectivity index (χ2v) is 7.17. The number of rotatable bonds is 5. The van der Waals surface area contributed by atoms with Crippen molar-refractivity contribution in [3.05, 3.63) is 71.0 Å². The molecule has 0 bridgehead atoms. The molecule has 3 aromatic rings. The zero-order valence-corrected chi connectivity index (χ0v) is 15.4. The van der Waals surface area contributed by atoms with Crippen molar-refractivity contribution < 1.29 is 0 Å². The van der Waals surface area contributed by atoms with E-state index in [9.17, 15) is 5.26 Å². The average Bonchev–Trinajstić information content (AvgIpc) is 3.04. The maximum atomic E-state index is 9.26. The molecule has 0 N–H and O–H groups in total. The number of hydrogen-bond acceptors (Lipinski definition) is 4. The Hall–Kier alpha value is -2.58. The van der Waals surface area contributed by atoms with Crippen molar-refractivity contribution in [2.45, 2.75) is 37.6 Å². The van der Waals surface area contributed by atoms with Crippen LogP contribution < -0.4 is 0 Å². The van der Waals surface area contributed by atoms with Gasteiger partial charge in [0.15, 0.2) is 5.16 Å². The topological polar surface area (TPSA) is 54.5 Å². The zero-order valence-electron chi connectivity index (χ0n) is 14.6. The van der Waals surface area contributed by atoms with Gasteiger partial charge >= 0.3 is 0 Å². The molecule has 0 saturated carbocycles. The highest BCUT2D eigenvalue weighted by Gasteiger charge is 2.17. The van der Waals surface area contributed by atoms with E-state index in [0.29, 0.717) is 11.3 Å². The van der Waals surface area contributed by atoms with E-state index in [2.05, 4.69) is 59.8 Å². The van der Waals surface area contributed by atoms with Crippen LogP contribution in [0.25, 0.3) is 5.69 Å². The molecule has 0 atom stereocenters. The Bertz CT molecular complexity index is 921. The number of thioether (sulfide) groups is 1. The predicted molar refractivity (Wildman–Crippen MR) is 101 cm³/mol. The molecule has 3 rings (SSSR count). The first-order valence-electron chi connectivity index (χ1n) is 8.23. The largest absolute Gasteiger partial charge is 0.274 e. The minimum Gasteiger partial charge on any atom is -0.274 e. The number of benzene rings is 2. The van der Waals surface area contributed by atoms with Crippen molar-refractivity contribution in [3.8, 4) is 11.8 Å². The number of nitrogens with zero attached hydrogens (tertiary/aromatic N) is 4. The van der Waals surface area contributed by atoms with E-state index in [4.69, 9.17) is 0 Å². The van der Waals surface area contributed by atoms with Crippen LogP contribution in [0, 0.1) is 18.3 Å². The molecule has 0 radical (unpaired) electrons. The van der Waals surface area contributed by atoms with E-state index in [-0.39, 0.29) is 5.92 Å². The molecule has 0 aliphatic rings. The van der Waals surface area contributed by atoms with Crippen molar-refractivity contribution in [3.63, 3.8) is 0 Å². The Morgan fingerprint density at radius 1 is 1.12 bits per heavy atom. The van der Waals surface area contributed by atoms with Crippen LogP contribution in [0.15, 0.2) is 53.7 Å². The minimum absolute atomic E-state index is 0.272. The van der Waals surface area contributed by atoms with E-state index >= 15 is 0 Å². The first-order valence-corrected chi connectivity index (χ1v) is 9.22. The van der Waals surface area contributed by atoms with Gasteiger partial charge in [-0.05, 0) is 36.2 Å². The number of aryl methyl sites for hydroxylation is 1. The molecule has 0 unspecified atom stereocenters. The molecule has 2 aromatic carbocycles. The highest BCUT2D eigenvalue weighted by atomic mass is 32.2. The summed E-state index contributed by atoms with van der Waals surface area (Å²) in [6, 6.07) is 18.3. The zero-order chi connectivity index (χ0) is 17.8. The summed E-state index contributed by atoms with van der Waals surface area (Å²) in [6.45, 7) is 6.32. The van der Waals surface area contributed by atoms with Gasteiger partial charge in [-0.15, -0.1) is 10.2 Å². The fraction of sp³-hybridized carbons (Fsp3) is 0.250. The van der Waals surface area contributed by atoms with E-state index in [1.807, 2.05) is 30.3 Å². The van der Waals surface area contributed by atoms with Crippen molar-refractivity contribution in [2.75, 3.05) is 0 Å². The van der Waals surface area contributed by atoms with Gasteiger partial charge in [0.1, 0.15) is 5.82 Å². The van der Waals surface area contributed by atoms with Crippen LogP contribution in [0.3, 0.4) is 0 Å². The lowest BCUT2D eigenvalue weighted by molar-refractivity contribution is 0.732. The molecule has 0 aliphatic carbocycles. The summed E-state index contributed by atoms with van der Waals surface area (Å²) >= 11 is 1.61. The normalized spacial score (nSPS) is 10.8. The summed E-state index contributed by atoms with van der Waals surface area (Å²) in [4.78, 5) is 0. The highest BCUT2D eigenvalue weighted by molar-refractivity contribution is 7.98. The maximum absolute atomic E-state index is 9.26. The van der Waals surface area contributed by atoms with E-state index < -0.39 is 0 Å². The van der Waals surface area contributed by atoms with Gasteiger partial charge in [-0.1, -0.05) is 55.9 Å². The molecule has 1 heterocycles. The van der Waals surface area contributed by atoms with Gasteiger partial charge in [-0.25, -0.2) is 0 Å². The smallest absolute Gasteiger partial charge is 0.196 e. The monoisotopic (exact) mass is 348 g/mol. The van der Waals surface area contributed by atoms with Crippen LogP contribution in [-0.4, -0.2) is 14.8 Å². The minimum atomic E-state index is 0.272. The van der Waals surface area contributed by atoms with Crippen LogP contribution in [-0.2, 0) is 5.75 Å². The quantitative estimate of drug-likeness (QED) is 0.618.